The van der Waals surface area contributed by atoms with Crippen LogP contribution in [0.5, 0.6) is 0 Å². The molecule has 0 heterocycles. The summed E-state index contributed by atoms with van der Waals surface area (Å²) < 4.78 is 50.9. The van der Waals surface area contributed by atoms with Gasteiger partial charge in [0.2, 0.25) is 0 Å². The first-order valence-electron chi connectivity index (χ1n) is 3.83. The molecule has 76 valence electrons. The zero-order chi connectivity index (χ0) is 10.7. The molecule has 0 atom stereocenters. The SMILES string of the molecule is O=CCCc1c(F)c(F)cc(F)c1F. The fraction of sp³-hybridized carbons (Fsp3) is 0.222. The van der Waals surface area contributed by atoms with Crippen LogP contribution in [0.25, 0.3) is 0 Å². The Morgan fingerprint density at radius 3 is 2.00 bits per heavy atom. The Morgan fingerprint density at radius 1 is 1.07 bits per heavy atom. The van der Waals surface area contributed by atoms with Gasteiger partial charge in [-0.2, -0.15) is 0 Å². The Hall–Kier alpha value is -1.39. The molecule has 0 unspecified atom stereocenters. The summed E-state index contributed by atoms with van der Waals surface area (Å²) in [7, 11) is 0. The molecule has 0 aliphatic heterocycles. The van der Waals surface area contributed by atoms with Crippen LogP contribution in [0, 0.1) is 23.3 Å². The quantitative estimate of drug-likeness (QED) is 0.421. The first kappa shape index (κ1) is 10.7. The lowest BCUT2D eigenvalue weighted by molar-refractivity contribution is -0.107. The lowest BCUT2D eigenvalue weighted by Gasteiger charge is -2.04. The lowest BCUT2D eigenvalue weighted by Crippen LogP contribution is -2.02. The van der Waals surface area contributed by atoms with E-state index in [4.69, 9.17) is 0 Å². The van der Waals surface area contributed by atoms with Gasteiger partial charge in [0.1, 0.15) is 6.29 Å². The van der Waals surface area contributed by atoms with Gasteiger partial charge in [0, 0.05) is 18.1 Å². The van der Waals surface area contributed by atoms with Gasteiger partial charge in [-0.3, -0.25) is 0 Å². The second-order valence-electron chi connectivity index (χ2n) is 2.65. The van der Waals surface area contributed by atoms with E-state index in [0.717, 1.165) is 0 Å². The average molecular weight is 206 g/mol. The molecule has 0 aliphatic rings. The highest BCUT2D eigenvalue weighted by atomic mass is 19.2. The van der Waals surface area contributed by atoms with Gasteiger partial charge in [0.15, 0.2) is 23.3 Å². The van der Waals surface area contributed by atoms with Gasteiger partial charge >= 0.3 is 0 Å². The van der Waals surface area contributed by atoms with Crippen LogP contribution < -0.4 is 0 Å². The first-order valence-corrected chi connectivity index (χ1v) is 3.83. The predicted octanol–water partition coefficient (Wildman–Crippen LogP) is 2.37. The molecule has 0 spiro atoms. The summed E-state index contributed by atoms with van der Waals surface area (Å²) in [6.45, 7) is 0. The van der Waals surface area contributed by atoms with Gasteiger partial charge in [-0.25, -0.2) is 17.6 Å². The van der Waals surface area contributed by atoms with Crippen molar-refractivity contribution in [1.29, 1.82) is 0 Å². The van der Waals surface area contributed by atoms with Crippen LogP contribution >= 0.6 is 0 Å². The van der Waals surface area contributed by atoms with Crippen LogP contribution in [0.2, 0.25) is 0 Å². The van der Waals surface area contributed by atoms with Crippen molar-refractivity contribution in [1.82, 2.24) is 0 Å². The number of aldehydes is 1. The molecular formula is C9H6F4O. The molecule has 0 aromatic heterocycles. The Morgan fingerprint density at radius 2 is 1.57 bits per heavy atom. The highest BCUT2D eigenvalue weighted by Gasteiger charge is 2.18. The maximum atomic E-state index is 12.9. The summed E-state index contributed by atoms with van der Waals surface area (Å²) in [5.74, 6) is -5.79. The molecule has 1 rings (SSSR count). The van der Waals surface area contributed by atoms with Crippen molar-refractivity contribution in [2.45, 2.75) is 12.8 Å². The minimum atomic E-state index is -1.45. The van der Waals surface area contributed by atoms with Crippen molar-refractivity contribution in [3.8, 4) is 0 Å². The van der Waals surface area contributed by atoms with E-state index in [1.165, 1.54) is 0 Å². The van der Waals surface area contributed by atoms with Crippen molar-refractivity contribution in [2.75, 3.05) is 0 Å². The third-order valence-electron chi connectivity index (χ3n) is 1.71. The van der Waals surface area contributed by atoms with Crippen molar-refractivity contribution < 1.29 is 22.4 Å². The summed E-state index contributed by atoms with van der Waals surface area (Å²) in [5.41, 5.74) is -0.727. The van der Waals surface area contributed by atoms with E-state index in [9.17, 15) is 22.4 Å². The second-order valence-corrected chi connectivity index (χ2v) is 2.65. The zero-order valence-corrected chi connectivity index (χ0v) is 6.99. The molecule has 0 saturated heterocycles. The summed E-state index contributed by atoms with van der Waals surface area (Å²) in [5, 5.41) is 0. The van der Waals surface area contributed by atoms with Gasteiger partial charge in [-0.1, -0.05) is 0 Å². The fourth-order valence-corrected chi connectivity index (χ4v) is 1.05. The Bertz CT molecular complexity index is 336. The molecule has 0 fully saturated rings. The van der Waals surface area contributed by atoms with Crippen LogP contribution in [0.15, 0.2) is 6.07 Å². The average Bonchev–Trinajstić information content (AvgIpc) is 2.15. The molecule has 0 N–H and O–H groups in total. The first-order chi connectivity index (χ1) is 6.57. The number of halogens is 4. The van der Waals surface area contributed by atoms with E-state index >= 15 is 0 Å². The molecule has 1 aromatic carbocycles. The van der Waals surface area contributed by atoms with E-state index in [-0.39, 0.29) is 18.9 Å². The van der Waals surface area contributed by atoms with Gasteiger partial charge < -0.3 is 4.79 Å². The van der Waals surface area contributed by atoms with Crippen LogP contribution in [0.3, 0.4) is 0 Å². The summed E-state index contributed by atoms with van der Waals surface area (Å²) >= 11 is 0. The van der Waals surface area contributed by atoms with Crippen LogP contribution in [-0.2, 0) is 11.2 Å². The van der Waals surface area contributed by atoms with Crippen molar-refractivity contribution >= 4 is 6.29 Å². The summed E-state index contributed by atoms with van der Waals surface area (Å²) in [4.78, 5) is 9.94. The van der Waals surface area contributed by atoms with E-state index in [1.807, 2.05) is 0 Å². The minimum absolute atomic E-state index is 0.134. The number of carbonyl (C=O) groups excluding carboxylic acids is 1. The van der Waals surface area contributed by atoms with Crippen molar-refractivity contribution in [3.63, 3.8) is 0 Å². The second kappa shape index (κ2) is 4.21. The van der Waals surface area contributed by atoms with E-state index in [1.54, 1.807) is 0 Å². The molecule has 1 nitrogen and oxygen atoms in total. The number of carbonyl (C=O) groups is 1. The van der Waals surface area contributed by atoms with E-state index in [0.29, 0.717) is 6.29 Å². The molecule has 0 amide bonds. The molecule has 0 radical (unpaired) electrons. The number of hydrogen-bond acceptors (Lipinski definition) is 1. The third kappa shape index (κ3) is 1.92. The summed E-state index contributed by atoms with van der Waals surface area (Å²) in [6.07, 6.45) is -0.117. The number of hydrogen-bond donors (Lipinski definition) is 0. The fourth-order valence-electron chi connectivity index (χ4n) is 1.05. The molecule has 5 heteroatoms. The third-order valence-corrected chi connectivity index (χ3v) is 1.71. The monoisotopic (exact) mass is 206 g/mol. The van der Waals surface area contributed by atoms with E-state index in [2.05, 4.69) is 0 Å². The van der Waals surface area contributed by atoms with E-state index < -0.39 is 28.8 Å². The molecule has 14 heavy (non-hydrogen) atoms. The van der Waals surface area contributed by atoms with Gasteiger partial charge in [0.05, 0.1) is 0 Å². The van der Waals surface area contributed by atoms with Gasteiger partial charge in [-0.05, 0) is 6.42 Å². The molecule has 0 bridgehead atoms. The van der Waals surface area contributed by atoms with Crippen LogP contribution in [0.1, 0.15) is 12.0 Å². The van der Waals surface area contributed by atoms with Crippen molar-refractivity contribution in [3.05, 3.63) is 34.9 Å². The molecular weight excluding hydrogens is 200 g/mol. The highest BCUT2D eigenvalue weighted by Crippen LogP contribution is 2.20. The van der Waals surface area contributed by atoms with Crippen LogP contribution in [0.4, 0.5) is 17.6 Å². The van der Waals surface area contributed by atoms with Crippen molar-refractivity contribution in [2.24, 2.45) is 0 Å². The highest BCUT2D eigenvalue weighted by molar-refractivity contribution is 5.50. The smallest absolute Gasteiger partial charge is 0.165 e. The zero-order valence-electron chi connectivity index (χ0n) is 6.99. The standard InChI is InChI=1S/C9H6F4O/c10-6-4-7(11)9(13)5(8(6)12)2-1-3-14/h3-4H,1-2H2. The largest absolute Gasteiger partial charge is 0.303 e. The maximum Gasteiger partial charge on any atom is 0.165 e. The molecule has 1 aromatic rings. The Balaban J connectivity index is 3.17. The predicted molar refractivity (Wildman–Crippen MR) is 40.7 cm³/mol. The van der Waals surface area contributed by atoms with Gasteiger partial charge in [-0.15, -0.1) is 0 Å². The number of benzene rings is 1. The molecule has 0 saturated carbocycles. The van der Waals surface area contributed by atoms with Gasteiger partial charge in [0.25, 0.3) is 0 Å². The minimum Gasteiger partial charge on any atom is -0.303 e. The van der Waals surface area contributed by atoms with Crippen LogP contribution in [-0.4, -0.2) is 6.29 Å². The number of rotatable bonds is 3. The maximum absolute atomic E-state index is 12.9. The molecule has 0 aliphatic carbocycles. The topological polar surface area (TPSA) is 17.1 Å². The Kier molecular flexibility index (Phi) is 3.22. The summed E-state index contributed by atoms with van der Waals surface area (Å²) in [6, 6.07) is 0.134. The normalized spacial score (nSPS) is 10.3. The Labute approximate surface area is 77.3 Å². The lowest BCUT2D eigenvalue weighted by atomic mass is 10.1.